The van der Waals surface area contributed by atoms with Crippen LogP contribution in [0, 0.1) is 0 Å². The fourth-order valence-electron chi connectivity index (χ4n) is 3.92. The van der Waals surface area contributed by atoms with Gasteiger partial charge in [0.1, 0.15) is 24.2 Å². The Morgan fingerprint density at radius 3 is 2.71 bits per heavy atom. The van der Waals surface area contributed by atoms with Crippen molar-refractivity contribution in [3.05, 3.63) is 60.2 Å². The van der Waals surface area contributed by atoms with Gasteiger partial charge in [0.15, 0.2) is 0 Å². The second-order valence-corrected chi connectivity index (χ2v) is 7.21. The Balaban J connectivity index is 1.61. The molecule has 0 saturated carbocycles. The second-order valence-electron chi connectivity index (χ2n) is 7.21. The second kappa shape index (κ2) is 7.58. The number of nitrogens with zero attached hydrogens (tertiary/aromatic N) is 1. The van der Waals surface area contributed by atoms with Gasteiger partial charge in [0, 0.05) is 41.7 Å². The van der Waals surface area contributed by atoms with Crippen LogP contribution in [0.3, 0.4) is 0 Å². The zero-order chi connectivity index (χ0) is 19.7. The summed E-state index contributed by atoms with van der Waals surface area (Å²) >= 11 is 0. The lowest BCUT2D eigenvalue weighted by molar-refractivity contribution is 0.106. The van der Waals surface area contributed by atoms with Crippen LogP contribution in [-0.2, 0) is 6.42 Å². The highest BCUT2D eigenvalue weighted by molar-refractivity contribution is 6.06. The van der Waals surface area contributed by atoms with Crippen molar-refractivity contribution in [2.45, 2.75) is 18.6 Å². The summed E-state index contributed by atoms with van der Waals surface area (Å²) in [4.78, 5) is 1.95. The van der Waals surface area contributed by atoms with Crippen LogP contribution in [0.2, 0.25) is 0 Å². The van der Waals surface area contributed by atoms with Gasteiger partial charge in [0.25, 0.3) is 0 Å². The molecule has 1 aliphatic heterocycles. The summed E-state index contributed by atoms with van der Waals surface area (Å²) in [6, 6.07) is 16.4. The van der Waals surface area contributed by atoms with Crippen LogP contribution in [-0.4, -0.2) is 47.2 Å². The molecule has 146 valence electrons. The van der Waals surface area contributed by atoms with E-state index in [1.807, 2.05) is 41.3 Å². The van der Waals surface area contributed by atoms with Crippen molar-refractivity contribution in [1.82, 2.24) is 0 Å². The lowest BCUT2D eigenvalue weighted by atomic mass is 9.93. The van der Waals surface area contributed by atoms with E-state index in [4.69, 9.17) is 10.5 Å². The first-order valence-corrected chi connectivity index (χ1v) is 9.35. The summed E-state index contributed by atoms with van der Waals surface area (Å²) in [7, 11) is 0. The maximum atomic E-state index is 10.5. The van der Waals surface area contributed by atoms with Crippen LogP contribution in [0.1, 0.15) is 5.56 Å². The number of aromatic hydroxyl groups is 1. The molecule has 5 N–H and O–H groups in total. The largest absolute Gasteiger partial charge is 0.507 e. The number of phenols is 1. The van der Waals surface area contributed by atoms with Gasteiger partial charge in [0.05, 0.1) is 6.10 Å². The van der Waals surface area contributed by atoms with E-state index in [-0.39, 0.29) is 12.4 Å². The van der Waals surface area contributed by atoms with E-state index < -0.39 is 12.2 Å². The molecule has 2 atom stereocenters. The molecule has 0 saturated heterocycles. The molecule has 6 nitrogen and oxygen atoms in total. The molecule has 3 aromatic carbocycles. The lowest BCUT2D eigenvalue weighted by Crippen LogP contribution is -2.44. The summed E-state index contributed by atoms with van der Waals surface area (Å²) in [6.07, 6.45) is -0.815. The number of anilines is 2. The fourth-order valence-corrected chi connectivity index (χ4v) is 3.92. The van der Waals surface area contributed by atoms with Gasteiger partial charge in [-0.15, -0.1) is 0 Å². The highest BCUT2D eigenvalue weighted by Crippen LogP contribution is 2.41. The number of hydrogen-bond donors (Lipinski definition) is 4. The van der Waals surface area contributed by atoms with E-state index in [0.717, 1.165) is 16.6 Å². The van der Waals surface area contributed by atoms with Crippen molar-refractivity contribution < 1.29 is 20.1 Å². The number of nitrogens with two attached hydrogens (primary N) is 1. The molecule has 0 radical (unpaired) electrons. The van der Waals surface area contributed by atoms with Crippen LogP contribution in [0.4, 0.5) is 11.4 Å². The van der Waals surface area contributed by atoms with Crippen LogP contribution < -0.4 is 15.4 Å². The van der Waals surface area contributed by atoms with Gasteiger partial charge < -0.3 is 30.7 Å². The molecule has 0 amide bonds. The number of para-hydroxylation sites is 1. The van der Waals surface area contributed by atoms with Crippen molar-refractivity contribution in [1.29, 1.82) is 0 Å². The minimum atomic E-state index is -0.747. The van der Waals surface area contributed by atoms with E-state index in [2.05, 4.69) is 0 Å². The summed E-state index contributed by atoms with van der Waals surface area (Å²) in [5.41, 5.74) is 8.44. The number of phenolic OH excluding ortho intramolecular Hbond substituents is 1. The number of fused-ring (bicyclic) bond motifs is 3. The van der Waals surface area contributed by atoms with Crippen molar-refractivity contribution in [3.8, 4) is 11.5 Å². The molecule has 1 heterocycles. The molecular formula is C22H24N2O4. The quantitative estimate of drug-likeness (QED) is 0.507. The number of aliphatic hydroxyl groups is 2. The molecule has 0 bridgehead atoms. The van der Waals surface area contributed by atoms with Gasteiger partial charge in [-0.05, 0) is 29.8 Å². The highest BCUT2D eigenvalue weighted by atomic mass is 16.5. The Labute approximate surface area is 163 Å². The zero-order valence-corrected chi connectivity index (χ0v) is 15.5. The molecule has 0 aliphatic carbocycles. The Morgan fingerprint density at radius 2 is 1.93 bits per heavy atom. The number of ether oxygens (including phenoxy) is 1. The molecule has 0 spiro atoms. The average Bonchev–Trinajstić information content (AvgIpc) is 2.66. The molecule has 0 fully saturated rings. The Hall–Kier alpha value is -2.96. The number of aliphatic hydroxyl groups excluding tert-OH is 2. The predicted octanol–water partition coefficient (Wildman–Crippen LogP) is 2.29. The summed E-state index contributed by atoms with van der Waals surface area (Å²) in [5, 5.41) is 32.5. The maximum absolute atomic E-state index is 10.5. The number of benzene rings is 3. The Kier molecular flexibility index (Phi) is 4.98. The Morgan fingerprint density at radius 1 is 1.14 bits per heavy atom. The molecule has 3 aromatic rings. The number of β-amino-alcohol motifs (C(OH)–C–C–N with tert-alkyl or cyclic N) is 2. The zero-order valence-electron chi connectivity index (χ0n) is 15.5. The normalized spacial score (nSPS) is 17.4. The maximum Gasteiger partial charge on any atom is 0.125 e. The molecular weight excluding hydrogens is 356 g/mol. The first kappa shape index (κ1) is 18.4. The first-order valence-electron chi connectivity index (χ1n) is 9.35. The third kappa shape index (κ3) is 3.56. The van der Waals surface area contributed by atoms with Crippen molar-refractivity contribution >= 4 is 22.1 Å². The van der Waals surface area contributed by atoms with Gasteiger partial charge in [0.2, 0.25) is 0 Å². The predicted molar refractivity (Wildman–Crippen MR) is 110 cm³/mol. The monoisotopic (exact) mass is 380 g/mol. The molecule has 2 unspecified atom stereocenters. The minimum Gasteiger partial charge on any atom is -0.507 e. The van der Waals surface area contributed by atoms with E-state index >= 15 is 0 Å². The van der Waals surface area contributed by atoms with E-state index in [1.165, 1.54) is 0 Å². The molecule has 0 aromatic heterocycles. The van der Waals surface area contributed by atoms with Crippen LogP contribution in [0.25, 0.3) is 10.8 Å². The third-order valence-corrected chi connectivity index (χ3v) is 5.04. The van der Waals surface area contributed by atoms with Crippen LogP contribution in [0.5, 0.6) is 11.5 Å². The summed E-state index contributed by atoms with van der Waals surface area (Å²) in [5.74, 6) is 0.820. The Bertz CT molecular complexity index is 977. The smallest absolute Gasteiger partial charge is 0.125 e. The molecule has 28 heavy (non-hydrogen) atoms. The number of hydrogen-bond acceptors (Lipinski definition) is 6. The van der Waals surface area contributed by atoms with Crippen LogP contribution >= 0.6 is 0 Å². The lowest BCUT2D eigenvalue weighted by Gasteiger charge is -2.36. The number of nitrogen functional groups attached to an aromatic ring is 1. The van der Waals surface area contributed by atoms with Crippen molar-refractivity contribution in [2.75, 3.05) is 30.3 Å². The SMILES string of the molecule is Nc1cc2c(c3cccc(O)c13)N(CC(O)COc1ccccc1)CC(O)C2. The van der Waals surface area contributed by atoms with Crippen molar-refractivity contribution in [2.24, 2.45) is 0 Å². The standard InChI is InChI=1S/C22H24N2O4/c23-19-10-14-9-15(25)11-24(22(14)18-7-4-8-20(27)21(18)19)12-16(26)13-28-17-5-2-1-3-6-17/h1-8,10,15-16,25-27H,9,11-13,23H2. The van der Waals surface area contributed by atoms with E-state index in [1.54, 1.807) is 18.2 Å². The van der Waals surface area contributed by atoms with Gasteiger partial charge in [-0.3, -0.25) is 0 Å². The van der Waals surface area contributed by atoms with Gasteiger partial charge in [-0.2, -0.15) is 0 Å². The summed E-state index contributed by atoms with van der Waals surface area (Å²) in [6.45, 7) is 0.833. The van der Waals surface area contributed by atoms with Crippen molar-refractivity contribution in [3.63, 3.8) is 0 Å². The molecule has 6 heteroatoms. The van der Waals surface area contributed by atoms with Gasteiger partial charge in [-0.25, -0.2) is 0 Å². The molecule has 4 rings (SSSR count). The first-order chi connectivity index (χ1) is 13.5. The van der Waals surface area contributed by atoms with Gasteiger partial charge in [-0.1, -0.05) is 30.3 Å². The summed E-state index contributed by atoms with van der Waals surface area (Å²) < 4.78 is 5.65. The van der Waals surface area contributed by atoms with Gasteiger partial charge >= 0.3 is 0 Å². The topological polar surface area (TPSA) is 99.2 Å². The van der Waals surface area contributed by atoms with E-state index in [9.17, 15) is 15.3 Å². The average molecular weight is 380 g/mol. The number of rotatable bonds is 5. The van der Waals surface area contributed by atoms with Crippen LogP contribution in [0.15, 0.2) is 54.6 Å². The van der Waals surface area contributed by atoms with E-state index in [0.29, 0.717) is 36.3 Å². The highest BCUT2D eigenvalue weighted by Gasteiger charge is 2.28. The fraction of sp³-hybridized carbons (Fsp3) is 0.273. The molecule has 1 aliphatic rings. The minimum absolute atomic E-state index is 0.122. The third-order valence-electron chi connectivity index (χ3n) is 5.04.